The van der Waals surface area contributed by atoms with Crippen molar-refractivity contribution in [2.75, 3.05) is 31.5 Å². The van der Waals surface area contributed by atoms with Gasteiger partial charge in [-0.05, 0) is 75.1 Å². The van der Waals surface area contributed by atoms with Gasteiger partial charge in [0.05, 0.1) is 0 Å². The Morgan fingerprint density at radius 2 is 2.27 bits per heavy atom. The van der Waals surface area contributed by atoms with Crippen LogP contribution in [0.4, 0.5) is 5.69 Å². The van der Waals surface area contributed by atoms with Gasteiger partial charge in [0.25, 0.3) is 0 Å². The Morgan fingerprint density at radius 3 is 3.00 bits per heavy atom. The molecule has 1 aliphatic heterocycles. The molecule has 122 valence electrons. The van der Waals surface area contributed by atoms with Crippen LogP contribution in [0.5, 0.6) is 0 Å². The van der Waals surface area contributed by atoms with Crippen molar-refractivity contribution in [3.8, 4) is 0 Å². The van der Waals surface area contributed by atoms with E-state index in [4.69, 9.17) is 23.8 Å². The molecule has 0 aliphatic carbocycles. The maximum atomic E-state index is 6.11. The van der Waals surface area contributed by atoms with Crippen molar-refractivity contribution < 1.29 is 0 Å². The van der Waals surface area contributed by atoms with E-state index in [1.165, 1.54) is 25.9 Å². The summed E-state index contributed by atoms with van der Waals surface area (Å²) in [5.41, 5.74) is 2.00. The van der Waals surface area contributed by atoms with Gasteiger partial charge < -0.3 is 15.5 Å². The van der Waals surface area contributed by atoms with Crippen molar-refractivity contribution in [3.63, 3.8) is 0 Å². The average Bonchev–Trinajstić information content (AvgIpc) is 2.48. The number of piperidine rings is 1. The molecule has 22 heavy (non-hydrogen) atoms. The fraction of sp³-hybridized carbons (Fsp3) is 0.588. The topological polar surface area (TPSA) is 27.3 Å². The molecule has 1 saturated heterocycles. The zero-order chi connectivity index (χ0) is 15.9. The predicted octanol–water partition coefficient (Wildman–Crippen LogP) is 4.06. The first-order valence-corrected chi connectivity index (χ1v) is 8.86. The molecule has 0 spiro atoms. The number of likely N-dealkylation sites (tertiary alicyclic amines) is 1. The molecule has 0 aromatic heterocycles. The second kappa shape index (κ2) is 8.70. The van der Waals surface area contributed by atoms with Gasteiger partial charge in [0.15, 0.2) is 5.11 Å². The maximum Gasteiger partial charge on any atom is 0.170 e. The van der Waals surface area contributed by atoms with Gasteiger partial charge >= 0.3 is 0 Å². The lowest BCUT2D eigenvalue weighted by Gasteiger charge is -2.30. The summed E-state index contributed by atoms with van der Waals surface area (Å²) in [6, 6.07) is 5.88. The average molecular weight is 340 g/mol. The molecular weight excluding hydrogens is 314 g/mol. The van der Waals surface area contributed by atoms with Gasteiger partial charge in [-0.1, -0.05) is 24.6 Å². The van der Waals surface area contributed by atoms with Gasteiger partial charge in [-0.25, -0.2) is 0 Å². The van der Waals surface area contributed by atoms with E-state index in [1.54, 1.807) is 0 Å². The van der Waals surface area contributed by atoms with Gasteiger partial charge in [0, 0.05) is 23.8 Å². The van der Waals surface area contributed by atoms with E-state index in [0.717, 1.165) is 41.7 Å². The zero-order valence-corrected chi connectivity index (χ0v) is 15.1. The summed E-state index contributed by atoms with van der Waals surface area (Å²) in [5.74, 6) is 0.843. The van der Waals surface area contributed by atoms with Gasteiger partial charge in [-0.2, -0.15) is 0 Å². The Bertz CT molecular complexity index is 507. The van der Waals surface area contributed by atoms with E-state index in [1.807, 2.05) is 25.1 Å². The molecule has 1 aromatic rings. The fourth-order valence-corrected chi connectivity index (χ4v) is 3.24. The number of hydrogen-bond donors (Lipinski definition) is 2. The Hall–Kier alpha value is -0.840. The molecular formula is C17H26ClN3S. The lowest BCUT2D eigenvalue weighted by Crippen LogP contribution is -2.37. The third kappa shape index (κ3) is 5.75. The highest BCUT2D eigenvalue weighted by atomic mass is 35.5. The number of anilines is 1. The molecule has 1 fully saturated rings. The van der Waals surface area contributed by atoms with Crippen molar-refractivity contribution in [2.24, 2.45) is 5.92 Å². The maximum absolute atomic E-state index is 6.11. The van der Waals surface area contributed by atoms with Crippen molar-refractivity contribution >= 4 is 34.6 Å². The highest BCUT2D eigenvalue weighted by Gasteiger charge is 2.15. The smallest absolute Gasteiger partial charge is 0.170 e. The third-order valence-corrected chi connectivity index (χ3v) is 4.76. The van der Waals surface area contributed by atoms with E-state index in [2.05, 4.69) is 22.5 Å². The highest BCUT2D eigenvalue weighted by Crippen LogP contribution is 2.19. The molecule has 3 nitrogen and oxygen atoms in total. The van der Waals surface area contributed by atoms with Gasteiger partial charge in [-0.15, -0.1) is 0 Å². The van der Waals surface area contributed by atoms with Gasteiger partial charge in [0.2, 0.25) is 0 Å². The van der Waals surface area contributed by atoms with Crippen LogP contribution >= 0.6 is 23.8 Å². The summed E-state index contributed by atoms with van der Waals surface area (Å²) < 4.78 is 0. The van der Waals surface area contributed by atoms with Crippen LogP contribution in [0.2, 0.25) is 5.02 Å². The summed E-state index contributed by atoms with van der Waals surface area (Å²) in [7, 11) is 0. The summed E-state index contributed by atoms with van der Waals surface area (Å²) in [5, 5.41) is 7.86. The van der Waals surface area contributed by atoms with Crippen molar-refractivity contribution in [1.29, 1.82) is 0 Å². The Balaban J connectivity index is 1.64. The van der Waals surface area contributed by atoms with E-state index in [9.17, 15) is 0 Å². The predicted molar refractivity (Wildman–Crippen MR) is 99.9 cm³/mol. The van der Waals surface area contributed by atoms with E-state index in [0.29, 0.717) is 5.11 Å². The van der Waals surface area contributed by atoms with Crippen LogP contribution in [0.25, 0.3) is 0 Å². The normalized spacial score (nSPS) is 19.0. The van der Waals surface area contributed by atoms with E-state index >= 15 is 0 Å². The van der Waals surface area contributed by atoms with Gasteiger partial charge in [-0.3, -0.25) is 0 Å². The quantitative estimate of drug-likeness (QED) is 0.625. The number of rotatable bonds is 5. The third-order valence-electron chi connectivity index (χ3n) is 4.11. The fourth-order valence-electron chi connectivity index (χ4n) is 2.84. The Kier molecular flexibility index (Phi) is 6.93. The summed E-state index contributed by atoms with van der Waals surface area (Å²) in [6.07, 6.45) is 3.83. The number of hydrogen-bond acceptors (Lipinski definition) is 2. The second-order valence-corrected chi connectivity index (χ2v) is 7.06. The first-order valence-electron chi connectivity index (χ1n) is 8.08. The number of aryl methyl sites for hydroxylation is 1. The minimum absolute atomic E-state index is 0.659. The minimum Gasteiger partial charge on any atom is -0.362 e. The SMILES string of the molecule is Cc1ccc(NC(=S)NCCCN2CCC[C@@H](C)C2)cc1Cl. The molecule has 5 heteroatoms. The van der Waals surface area contributed by atoms with Crippen LogP contribution in [-0.4, -0.2) is 36.2 Å². The second-order valence-electron chi connectivity index (χ2n) is 6.25. The first kappa shape index (κ1) is 17.5. The molecule has 1 heterocycles. The highest BCUT2D eigenvalue weighted by molar-refractivity contribution is 7.80. The lowest BCUT2D eigenvalue weighted by atomic mass is 10.0. The Morgan fingerprint density at radius 1 is 1.45 bits per heavy atom. The van der Waals surface area contributed by atoms with E-state index in [-0.39, 0.29) is 0 Å². The Labute approximate surface area is 144 Å². The molecule has 0 radical (unpaired) electrons. The number of nitrogens with zero attached hydrogens (tertiary/aromatic N) is 1. The molecule has 0 saturated carbocycles. The molecule has 2 N–H and O–H groups in total. The molecule has 1 atom stereocenters. The number of benzene rings is 1. The van der Waals surface area contributed by atoms with Crippen molar-refractivity contribution in [2.45, 2.75) is 33.1 Å². The van der Waals surface area contributed by atoms with Crippen LogP contribution in [0, 0.1) is 12.8 Å². The van der Waals surface area contributed by atoms with Crippen LogP contribution < -0.4 is 10.6 Å². The molecule has 0 amide bonds. The van der Waals surface area contributed by atoms with E-state index < -0.39 is 0 Å². The molecule has 1 aliphatic rings. The standard InChI is InChI=1S/C17H26ClN3S/c1-13-5-3-9-21(12-13)10-4-8-19-17(22)20-15-7-6-14(2)16(18)11-15/h6-7,11,13H,3-5,8-10,12H2,1-2H3,(H2,19,20,22)/t13-/m1/s1. The van der Waals surface area contributed by atoms with Crippen molar-refractivity contribution in [1.82, 2.24) is 10.2 Å². The lowest BCUT2D eigenvalue weighted by molar-refractivity contribution is 0.182. The largest absolute Gasteiger partial charge is 0.362 e. The molecule has 0 bridgehead atoms. The van der Waals surface area contributed by atoms with Crippen LogP contribution in [0.1, 0.15) is 31.7 Å². The molecule has 1 aromatic carbocycles. The summed E-state index contributed by atoms with van der Waals surface area (Å²) in [4.78, 5) is 2.56. The van der Waals surface area contributed by atoms with Gasteiger partial charge in [0.1, 0.15) is 0 Å². The molecule has 2 rings (SSSR count). The van der Waals surface area contributed by atoms with Crippen LogP contribution in [0.3, 0.4) is 0 Å². The zero-order valence-electron chi connectivity index (χ0n) is 13.5. The van der Waals surface area contributed by atoms with Crippen LogP contribution in [0.15, 0.2) is 18.2 Å². The summed E-state index contributed by atoms with van der Waals surface area (Å²) in [6.45, 7) is 8.87. The number of thiocarbonyl (C=S) groups is 1. The number of halogens is 1. The van der Waals surface area contributed by atoms with Crippen molar-refractivity contribution in [3.05, 3.63) is 28.8 Å². The minimum atomic E-state index is 0.659. The molecule has 0 unspecified atom stereocenters. The monoisotopic (exact) mass is 339 g/mol. The summed E-state index contributed by atoms with van der Waals surface area (Å²) >= 11 is 11.4. The number of nitrogens with one attached hydrogen (secondary N) is 2. The first-order chi connectivity index (χ1) is 10.5. The van der Waals surface area contributed by atoms with Crippen LogP contribution in [-0.2, 0) is 0 Å².